The number of benzene rings is 2. The van der Waals surface area contributed by atoms with Crippen LogP contribution in [0.5, 0.6) is 0 Å². The first-order valence-corrected chi connectivity index (χ1v) is 9.11. The highest BCUT2D eigenvalue weighted by Gasteiger charge is 2.24. The van der Waals surface area contributed by atoms with Crippen molar-refractivity contribution in [3.63, 3.8) is 0 Å². The van der Waals surface area contributed by atoms with E-state index in [1.54, 1.807) is 0 Å². The number of Topliss-reactive ketones (excluding diaryl/α,β-unsaturated/α-hetero) is 1. The predicted molar refractivity (Wildman–Crippen MR) is 111 cm³/mol. The van der Waals surface area contributed by atoms with E-state index in [2.05, 4.69) is 31.2 Å². The lowest BCUT2D eigenvalue weighted by Crippen LogP contribution is -2.18. The predicted octanol–water partition coefficient (Wildman–Crippen LogP) is 6.27. The number of hydrogen-bond acceptors (Lipinski definition) is 1. The average molecular weight is 340 g/mol. The molecule has 0 N–H and O–H groups in total. The van der Waals surface area contributed by atoms with Crippen molar-refractivity contribution in [3.05, 3.63) is 107 Å². The highest BCUT2D eigenvalue weighted by molar-refractivity contribution is 6.09. The minimum absolute atomic E-state index is 0.179. The van der Waals surface area contributed by atoms with Crippen LogP contribution in [0, 0.1) is 5.92 Å². The molecule has 0 atom stereocenters. The molecule has 0 unspecified atom stereocenters. The molecule has 1 aliphatic rings. The second-order valence-electron chi connectivity index (χ2n) is 6.77. The van der Waals surface area contributed by atoms with Crippen molar-refractivity contribution >= 4 is 17.9 Å². The van der Waals surface area contributed by atoms with Crippen LogP contribution in [-0.4, -0.2) is 5.78 Å². The van der Waals surface area contributed by atoms with Crippen LogP contribution < -0.4 is 0 Å². The summed E-state index contributed by atoms with van der Waals surface area (Å²) in [5.74, 6) is 0.666. The van der Waals surface area contributed by atoms with Gasteiger partial charge in [-0.1, -0.05) is 104 Å². The lowest BCUT2D eigenvalue weighted by atomic mass is 9.81. The third kappa shape index (κ3) is 5.03. The second kappa shape index (κ2) is 8.96. The fourth-order valence-corrected chi connectivity index (χ4v) is 3.18. The Balaban J connectivity index is 1.73. The average Bonchev–Trinajstić information content (AvgIpc) is 2.67. The maximum atomic E-state index is 12.8. The molecule has 3 rings (SSSR count). The van der Waals surface area contributed by atoms with Gasteiger partial charge in [-0.15, -0.1) is 0 Å². The quantitative estimate of drug-likeness (QED) is 0.600. The molecule has 0 saturated heterocycles. The van der Waals surface area contributed by atoms with Crippen LogP contribution in [0.15, 0.2) is 96.1 Å². The van der Waals surface area contributed by atoms with E-state index in [1.165, 1.54) is 0 Å². The van der Waals surface area contributed by atoms with Gasteiger partial charge in [0.1, 0.15) is 0 Å². The van der Waals surface area contributed by atoms with E-state index < -0.39 is 0 Å². The van der Waals surface area contributed by atoms with E-state index >= 15 is 0 Å². The number of rotatable bonds is 4. The topological polar surface area (TPSA) is 17.1 Å². The Labute approximate surface area is 156 Å². The largest absolute Gasteiger partial charge is 0.289 e. The van der Waals surface area contributed by atoms with Crippen molar-refractivity contribution in [1.82, 2.24) is 0 Å². The standard InChI is InChI=1S/C25H24O/c1-20-18-23(16-8-14-21-10-4-2-5-11-21)25(26)24(19-20)17-9-15-22-12-6-3-7-13-22/h2-17,20H,18-19H2,1H3. The maximum Gasteiger partial charge on any atom is 0.185 e. The van der Waals surface area contributed by atoms with Crippen LogP contribution in [-0.2, 0) is 4.79 Å². The van der Waals surface area contributed by atoms with Crippen LogP contribution >= 0.6 is 0 Å². The summed E-state index contributed by atoms with van der Waals surface area (Å²) in [7, 11) is 0. The third-order valence-electron chi connectivity index (χ3n) is 4.49. The summed E-state index contributed by atoms with van der Waals surface area (Å²) in [6.07, 6.45) is 13.7. The molecule has 2 aromatic rings. The van der Waals surface area contributed by atoms with Crippen molar-refractivity contribution in [2.24, 2.45) is 5.92 Å². The van der Waals surface area contributed by atoms with Gasteiger partial charge in [0.05, 0.1) is 0 Å². The lowest BCUT2D eigenvalue weighted by molar-refractivity contribution is -0.113. The molecule has 0 spiro atoms. The Morgan fingerprint density at radius 2 is 1.15 bits per heavy atom. The van der Waals surface area contributed by atoms with Crippen LogP contribution in [0.25, 0.3) is 12.2 Å². The van der Waals surface area contributed by atoms with Gasteiger partial charge in [-0.3, -0.25) is 4.79 Å². The van der Waals surface area contributed by atoms with E-state index in [0.29, 0.717) is 5.92 Å². The van der Waals surface area contributed by atoms with E-state index in [-0.39, 0.29) is 5.78 Å². The Kier molecular flexibility index (Phi) is 6.16. The van der Waals surface area contributed by atoms with Gasteiger partial charge < -0.3 is 0 Å². The zero-order chi connectivity index (χ0) is 18.2. The molecular weight excluding hydrogens is 316 g/mol. The Morgan fingerprint density at radius 3 is 1.58 bits per heavy atom. The molecule has 1 heteroatoms. The molecule has 2 aromatic carbocycles. The molecule has 0 amide bonds. The summed E-state index contributed by atoms with van der Waals surface area (Å²) in [5.41, 5.74) is 4.08. The molecule has 0 heterocycles. The van der Waals surface area contributed by atoms with Gasteiger partial charge in [-0.25, -0.2) is 0 Å². The summed E-state index contributed by atoms with van der Waals surface area (Å²) < 4.78 is 0. The first-order valence-electron chi connectivity index (χ1n) is 9.11. The number of carbonyl (C=O) groups is 1. The van der Waals surface area contributed by atoms with Gasteiger partial charge in [0.15, 0.2) is 5.78 Å². The lowest BCUT2D eigenvalue weighted by Gasteiger charge is -2.21. The summed E-state index contributed by atoms with van der Waals surface area (Å²) in [6, 6.07) is 20.3. The minimum atomic E-state index is 0.179. The first kappa shape index (κ1) is 17.9. The van der Waals surface area contributed by atoms with E-state index in [9.17, 15) is 4.79 Å². The highest BCUT2D eigenvalue weighted by atomic mass is 16.1. The molecule has 0 radical (unpaired) electrons. The smallest absolute Gasteiger partial charge is 0.185 e. The van der Waals surface area contributed by atoms with Crippen molar-refractivity contribution < 1.29 is 4.79 Å². The molecule has 130 valence electrons. The minimum Gasteiger partial charge on any atom is -0.289 e. The summed E-state index contributed by atoms with van der Waals surface area (Å²) >= 11 is 0. The van der Waals surface area contributed by atoms with Gasteiger partial charge in [0, 0.05) is 11.1 Å². The molecular formula is C25H24O. The van der Waals surface area contributed by atoms with Gasteiger partial charge in [0.25, 0.3) is 0 Å². The van der Waals surface area contributed by atoms with E-state index in [0.717, 1.165) is 35.1 Å². The summed E-state index contributed by atoms with van der Waals surface area (Å²) in [5, 5.41) is 0. The third-order valence-corrected chi connectivity index (χ3v) is 4.49. The number of allylic oxidation sites excluding steroid dienone is 6. The summed E-state index contributed by atoms with van der Waals surface area (Å²) in [6.45, 7) is 2.20. The summed E-state index contributed by atoms with van der Waals surface area (Å²) in [4.78, 5) is 12.8. The second-order valence-corrected chi connectivity index (χ2v) is 6.77. The van der Waals surface area contributed by atoms with Crippen LogP contribution in [0.4, 0.5) is 0 Å². The normalized spacial score (nSPS) is 21.3. The van der Waals surface area contributed by atoms with Gasteiger partial charge in [-0.05, 0) is 29.9 Å². The zero-order valence-electron chi connectivity index (χ0n) is 15.1. The monoisotopic (exact) mass is 340 g/mol. The Morgan fingerprint density at radius 1 is 0.731 bits per heavy atom. The van der Waals surface area contributed by atoms with Gasteiger partial charge in [0.2, 0.25) is 0 Å². The molecule has 1 nitrogen and oxygen atoms in total. The molecule has 1 fully saturated rings. The molecule has 1 saturated carbocycles. The molecule has 0 aliphatic heterocycles. The molecule has 26 heavy (non-hydrogen) atoms. The number of ketones is 1. The number of carbonyl (C=O) groups excluding carboxylic acids is 1. The van der Waals surface area contributed by atoms with E-state index in [1.807, 2.05) is 72.9 Å². The fourth-order valence-electron chi connectivity index (χ4n) is 3.18. The highest BCUT2D eigenvalue weighted by Crippen LogP contribution is 2.29. The fraction of sp³-hybridized carbons (Fsp3) is 0.160. The van der Waals surface area contributed by atoms with Crippen molar-refractivity contribution in [2.45, 2.75) is 19.8 Å². The van der Waals surface area contributed by atoms with Crippen molar-refractivity contribution in [2.75, 3.05) is 0 Å². The first-order chi connectivity index (χ1) is 12.7. The number of hydrogen-bond donors (Lipinski definition) is 0. The van der Waals surface area contributed by atoms with E-state index in [4.69, 9.17) is 0 Å². The molecule has 1 aliphatic carbocycles. The SMILES string of the molecule is CC1CC(=CC=Cc2ccccc2)C(=O)C(=CC=Cc2ccccc2)C1. The van der Waals surface area contributed by atoms with Gasteiger partial charge in [-0.2, -0.15) is 0 Å². The molecule has 0 bridgehead atoms. The van der Waals surface area contributed by atoms with Crippen LogP contribution in [0.1, 0.15) is 30.9 Å². The zero-order valence-corrected chi connectivity index (χ0v) is 15.1. The van der Waals surface area contributed by atoms with Crippen LogP contribution in [0.2, 0.25) is 0 Å². The Hall–Kier alpha value is -2.93. The molecule has 0 aromatic heterocycles. The van der Waals surface area contributed by atoms with Gasteiger partial charge >= 0.3 is 0 Å². The van der Waals surface area contributed by atoms with Crippen molar-refractivity contribution in [3.8, 4) is 0 Å². The Bertz CT molecular complexity index is 780. The van der Waals surface area contributed by atoms with Crippen LogP contribution in [0.3, 0.4) is 0 Å². The van der Waals surface area contributed by atoms with Crippen molar-refractivity contribution in [1.29, 1.82) is 0 Å². The maximum absolute atomic E-state index is 12.8.